The minimum absolute atomic E-state index is 0.0965. The molecule has 0 saturated carbocycles. The third-order valence-corrected chi connectivity index (χ3v) is 3.92. The number of para-hydroxylation sites is 1. The topological polar surface area (TPSA) is 40.6 Å². The van der Waals surface area contributed by atoms with Crippen molar-refractivity contribution in [3.63, 3.8) is 0 Å². The van der Waals surface area contributed by atoms with Crippen LogP contribution in [0.15, 0.2) is 42.5 Å². The van der Waals surface area contributed by atoms with Gasteiger partial charge in [0.1, 0.15) is 0 Å². The Kier molecular flexibility index (Phi) is 6.38. The highest BCUT2D eigenvalue weighted by molar-refractivity contribution is 5.96. The van der Waals surface area contributed by atoms with E-state index in [0.29, 0.717) is 12.2 Å². The second-order valence-corrected chi connectivity index (χ2v) is 5.59. The molecule has 0 unspecified atom stereocenters. The highest BCUT2D eigenvalue weighted by Gasteiger charge is 2.23. The van der Waals surface area contributed by atoms with Crippen molar-refractivity contribution in [2.45, 2.75) is 20.3 Å². The lowest BCUT2D eigenvalue weighted by molar-refractivity contribution is -0.118. The Morgan fingerprint density at radius 1 is 0.923 bits per heavy atom. The van der Waals surface area contributed by atoms with Crippen molar-refractivity contribution in [2.24, 2.45) is 0 Å². The van der Waals surface area contributed by atoms with Gasteiger partial charge in [-0.15, -0.1) is 0 Å². The van der Waals surface area contributed by atoms with Gasteiger partial charge in [-0.3, -0.25) is 9.59 Å². The molecule has 0 aliphatic heterocycles. The van der Waals surface area contributed by atoms with Crippen LogP contribution in [0.1, 0.15) is 20.3 Å². The summed E-state index contributed by atoms with van der Waals surface area (Å²) in [5.74, 6) is -5.30. The smallest absolute Gasteiger partial charge is 0.228 e. The fraction of sp³-hybridized carbons (Fsp3) is 0.263. The summed E-state index contributed by atoms with van der Waals surface area (Å²) < 4.78 is 40.5. The van der Waals surface area contributed by atoms with E-state index < -0.39 is 29.0 Å². The molecule has 2 amide bonds. The van der Waals surface area contributed by atoms with Gasteiger partial charge in [0, 0.05) is 32.1 Å². The molecule has 0 N–H and O–H groups in total. The summed E-state index contributed by atoms with van der Waals surface area (Å²) in [6.07, 6.45) is -0.0965. The largest absolute Gasteiger partial charge is 0.313 e. The van der Waals surface area contributed by atoms with Crippen LogP contribution in [-0.4, -0.2) is 24.9 Å². The fourth-order valence-electron chi connectivity index (χ4n) is 2.62. The highest BCUT2D eigenvalue weighted by Crippen LogP contribution is 2.24. The summed E-state index contributed by atoms with van der Waals surface area (Å²) in [7, 11) is 0. The second kappa shape index (κ2) is 8.51. The van der Waals surface area contributed by atoms with Crippen LogP contribution >= 0.6 is 0 Å². The first-order chi connectivity index (χ1) is 12.4. The lowest BCUT2D eigenvalue weighted by Gasteiger charge is -2.25. The third kappa shape index (κ3) is 4.22. The molecule has 0 aliphatic carbocycles. The van der Waals surface area contributed by atoms with Gasteiger partial charge in [0.05, 0.1) is 5.69 Å². The van der Waals surface area contributed by atoms with E-state index in [2.05, 4.69) is 0 Å². The summed E-state index contributed by atoms with van der Waals surface area (Å²) in [6, 6.07) is 10.7. The number of hydrogen-bond acceptors (Lipinski definition) is 2. The van der Waals surface area contributed by atoms with Crippen LogP contribution in [0.2, 0.25) is 0 Å². The molecule has 0 bridgehead atoms. The molecule has 2 rings (SSSR count). The van der Waals surface area contributed by atoms with Crippen LogP contribution in [0.25, 0.3) is 0 Å². The number of hydrogen-bond donors (Lipinski definition) is 0. The van der Waals surface area contributed by atoms with Crippen LogP contribution in [0.5, 0.6) is 0 Å². The molecule has 0 radical (unpaired) electrons. The van der Waals surface area contributed by atoms with Crippen LogP contribution < -0.4 is 9.80 Å². The Balaban J connectivity index is 2.18. The van der Waals surface area contributed by atoms with E-state index in [1.807, 2.05) is 13.0 Å². The van der Waals surface area contributed by atoms with Gasteiger partial charge in [0.2, 0.25) is 11.8 Å². The average molecular weight is 364 g/mol. The van der Waals surface area contributed by atoms with Gasteiger partial charge in [-0.05, 0) is 31.2 Å². The number of rotatable bonds is 6. The summed E-state index contributed by atoms with van der Waals surface area (Å²) in [5.41, 5.74) is 0.306. The zero-order valence-electron chi connectivity index (χ0n) is 14.5. The van der Waals surface area contributed by atoms with Gasteiger partial charge in [-0.1, -0.05) is 18.2 Å². The number of carbonyl (C=O) groups is 2. The van der Waals surface area contributed by atoms with E-state index in [1.165, 1.54) is 11.8 Å². The molecule has 0 fully saturated rings. The molecular weight excluding hydrogens is 345 g/mol. The van der Waals surface area contributed by atoms with Crippen molar-refractivity contribution in [3.8, 4) is 0 Å². The van der Waals surface area contributed by atoms with Gasteiger partial charge < -0.3 is 9.80 Å². The number of nitrogens with zero attached hydrogens (tertiary/aromatic N) is 2. The molecule has 0 heterocycles. The van der Waals surface area contributed by atoms with Crippen LogP contribution in [0.3, 0.4) is 0 Å². The van der Waals surface area contributed by atoms with Crippen molar-refractivity contribution in [2.75, 3.05) is 22.9 Å². The lowest BCUT2D eigenvalue weighted by atomic mass is 10.2. The van der Waals surface area contributed by atoms with E-state index in [1.54, 1.807) is 24.3 Å². The zero-order valence-corrected chi connectivity index (χ0v) is 14.5. The molecule has 2 aromatic carbocycles. The van der Waals surface area contributed by atoms with Crippen LogP contribution in [0.4, 0.5) is 24.5 Å². The predicted molar refractivity (Wildman–Crippen MR) is 93.4 cm³/mol. The zero-order chi connectivity index (χ0) is 19.3. The van der Waals surface area contributed by atoms with E-state index >= 15 is 0 Å². The van der Waals surface area contributed by atoms with Crippen molar-refractivity contribution in [1.82, 2.24) is 0 Å². The maximum atomic E-state index is 14.0. The van der Waals surface area contributed by atoms with Crippen molar-refractivity contribution in [3.05, 3.63) is 59.9 Å². The van der Waals surface area contributed by atoms with Gasteiger partial charge in [0.15, 0.2) is 17.5 Å². The molecule has 7 heteroatoms. The summed E-state index contributed by atoms with van der Waals surface area (Å²) in [4.78, 5) is 26.8. The Hall–Kier alpha value is -2.83. The molecule has 0 spiro atoms. The molecule has 0 aromatic heterocycles. The van der Waals surface area contributed by atoms with E-state index in [4.69, 9.17) is 0 Å². The normalized spacial score (nSPS) is 10.5. The van der Waals surface area contributed by atoms with Crippen molar-refractivity contribution in [1.29, 1.82) is 0 Å². The molecule has 4 nitrogen and oxygen atoms in total. The first kappa shape index (κ1) is 19.5. The minimum atomic E-state index is -1.65. The Morgan fingerprint density at radius 3 is 2.15 bits per heavy atom. The summed E-state index contributed by atoms with van der Waals surface area (Å²) >= 11 is 0. The number of carbonyl (C=O) groups excluding carboxylic acids is 2. The number of halogens is 3. The van der Waals surface area contributed by atoms with Gasteiger partial charge in [-0.2, -0.15) is 0 Å². The van der Waals surface area contributed by atoms with Crippen LogP contribution in [0, 0.1) is 17.5 Å². The van der Waals surface area contributed by atoms with E-state index in [-0.39, 0.29) is 18.9 Å². The third-order valence-electron chi connectivity index (χ3n) is 3.92. The summed E-state index contributed by atoms with van der Waals surface area (Å²) in [6.45, 7) is 3.24. The van der Waals surface area contributed by atoms with Crippen molar-refractivity contribution < 1.29 is 22.8 Å². The minimum Gasteiger partial charge on any atom is -0.313 e. The first-order valence-electron chi connectivity index (χ1n) is 8.13. The molecular formula is C19H19F3N2O2. The maximum absolute atomic E-state index is 14.0. The Bertz CT molecular complexity index is 797. The Morgan fingerprint density at radius 2 is 1.58 bits per heavy atom. The van der Waals surface area contributed by atoms with E-state index in [9.17, 15) is 22.8 Å². The standard InChI is InChI=1S/C19H19F3N2O2/c1-3-23(14-7-5-4-6-8-14)17(26)11-12-24(13(2)25)16-10-9-15(20)18(21)19(16)22/h4-10H,3,11-12H2,1-2H3. The Labute approximate surface area is 149 Å². The SMILES string of the molecule is CCN(C(=O)CCN(C(C)=O)c1ccc(F)c(F)c1F)c1ccccc1. The average Bonchev–Trinajstić information content (AvgIpc) is 2.63. The number of benzene rings is 2. The molecule has 0 aliphatic rings. The van der Waals surface area contributed by atoms with Crippen molar-refractivity contribution >= 4 is 23.2 Å². The summed E-state index contributed by atoms with van der Waals surface area (Å²) in [5, 5.41) is 0. The lowest BCUT2D eigenvalue weighted by Crippen LogP contribution is -2.37. The number of anilines is 2. The van der Waals surface area contributed by atoms with Gasteiger partial charge in [0.25, 0.3) is 0 Å². The number of amides is 2. The molecule has 26 heavy (non-hydrogen) atoms. The quantitative estimate of drug-likeness (QED) is 0.730. The maximum Gasteiger partial charge on any atom is 0.228 e. The fourth-order valence-corrected chi connectivity index (χ4v) is 2.62. The highest BCUT2D eigenvalue weighted by atomic mass is 19.2. The van der Waals surface area contributed by atoms with Crippen LogP contribution in [-0.2, 0) is 9.59 Å². The monoisotopic (exact) mass is 364 g/mol. The predicted octanol–water partition coefficient (Wildman–Crippen LogP) is 3.90. The van der Waals surface area contributed by atoms with Gasteiger partial charge in [-0.25, -0.2) is 13.2 Å². The first-order valence-corrected chi connectivity index (χ1v) is 8.13. The molecule has 0 atom stereocenters. The molecule has 2 aromatic rings. The van der Waals surface area contributed by atoms with Gasteiger partial charge >= 0.3 is 0 Å². The molecule has 138 valence electrons. The van der Waals surface area contributed by atoms with E-state index in [0.717, 1.165) is 17.0 Å². The molecule has 0 saturated heterocycles. The second-order valence-electron chi connectivity index (χ2n) is 5.59.